The minimum absolute atomic E-state index is 0.151. The summed E-state index contributed by atoms with van der Waals surface area (Å²) in [6.07, 6.45) is 0. The van der Waals surface area contributed by atoms with Crippen LogP contribution in [0.4, 0.5) is 0 Å². The Hall–Kier alpha value is 2.94. The zero-order chi connectivity index (χ0) is 3.58. The zero-order valence-corrected chi connectivity index (χ0v) is 23.1. The van der Waals surface area contributed by atoms with Gasteiger partial charge in [-0.05, 0) is 0 Å². The number of hydrogen-bond acceptors (Lipinski definition) is 0. The van der Waals surface area contributed by atoms with Gasteiger partial charge in [-0.25, -0.2) is 0 Å². The summed E-state index contributed by atoms with van der Waals surface area (Å²) in [7, 11) is 0. The zero-order valence-electron chi connectivity index (χ0n) is 3.58. The molecular formula is H10GeSn3. The second-order valence-corrected chi connectivity index (χ2v) is 405. The van der Waals surface area contributed by atoms with Gasteiger partial charge in [0, 0.05) is 0 Å². The van der Waals surface area contributed by atoms with Crippen molar-refractivity contribution in [2.75, 3.05) is 0 Å². The molecule has 0 aliphatic carbocycles. The van der Waals surface area contributed by atoms with Gasteiger partial charge in [0.1, 0.15) is 0 Å². The summed E-state index contributed by atoms with van der Waals surface area (Å²) >= 11 is 3.91. The Bertz CT molecular complexity index is 8.00. The minimum atomic E-state index is 0.151. The van der Waals surface area contributed by atoms with Gasteiger partial charge in [-0.3, -0.25) is 0 Å². The molecule has 0 heterocycles. The van der Waals surface area contributed by atoms with Gasteiger partial charge in [0.25, 0.3) is 0 Å². The molecule has 0 saturated heterocycles. The molecule has 0 aliphatic rings. The molecule has 0 spiro atoms. The standard InChI is InChI=1S/GeH.3Sn.9H/h1H;;;;;;;;;;;;. The van der Waals surface area contributed by atoms with Crippen LogP contribution in [0.5, 0.6) is 0 Å². The van der Waals surface area contributed by atoms with E-state index in [4.69, 9.17) is 0 Å². The van der Waals surface area contributed by atoms with Crippen LogP contribution >= 0.6 is 0 Å². The van der Waals surface area contributed by atoms with E-state index in [2.05, 4.69) is 0 Å². The van der Waals surface area contributed by atoms with Crippen molar-refractivity contribution in [3.63, 3.8) is 0 Å². The van der Waals surface area contributed by atoms with Gasteiger partial charge < -0.3 is 0 Å². The van der Waals surface area contributed by atoms with Crippen LogP contribution < -0.4 is 0 Å². The van der Waals surface area contributed by atoms with Crippen molar-refractivity contribution in [1.29, 1.82) is 0 Å². The fourth-order valence-electron chi connectivity index (χ4n) is 0. The third kappa shape index (κ3) is 8.87. The number of hydrogen-bond donors (Lipinski definition) is 0. The molecular weight excluding hydrogens is 429 g/mol. The summed E-state index contributed by atoms with van der Waals surface area (Å²) in [6.45, 7) is 0. The third-order valence-corrected chi connectivity index (χ3v) is 0. The van der Waals surface area contributed by atoms with Gasteiger partial charge >= 0.3 is 64.9 Å². The van der Waals surface area contributed by atoms with Gasteiger partial charge in [0.05, 0.1) is 0 Å². The van der Waals surface area contributed by atoms with E-state index in [-0.39, 0.29) is 4.47 Å². The fraction of sp³-hybridized carbons (Fsp3) is 0. The molecule has 0 N–H and O–H groups in total. The van der Waals surface area contributed by atoms with E-state index >= 15 is 0 Å². The van der Waals surface area contributed by atoms with Crippen molar-refractivity contribution < 1.29 is 0 Å². The monoisotopic (exact) mass is 444 g/mol. The molecule has 0 aromatic carbocycles. The van der Waals surface area contributed by atoms with Crippen molar-refractivity contribution >= 4 is 64.9 Å². The summed E-state index contributed by atoms with van der Waals surface area (Å²) < 4.78 is 0.151. The quantitative estimate of drug-likeness (QED) is 0.337. The molecule has 0 fully saturated rings. The van der Waals surface area contributed by atoms with E-state index in [0.29, 0.717) is 0 Å². The Morgan fingerprint density at radius 2 is 1.00 bits per heavy atom. The van der Waals surface area contributed by atoms with Crippen molar-refractivity contribution in [3.05, 3.63) is 0 Å². The van der Waals surface area contributed by atoms with E-state index in [1.807, 2.05) is 0 Å². The predicted octanol–water partition coefficient (Wildman–Crippen LogP) is -4.20. The third-order valence-electron chi connectivity index (χ3n) is 0. The van der Waals surface area contributed by atoms with Gasteiger partial charge in [0.2, 0.25) is 0 Å². The van der Waals surface area contributed by atoms with E-state index < -0.39 is 0 Å². The molecule has 0 rings (SSSR count). The average Bonchev–Trinajstić information content (AvgIpc) is 0.811. The molecule has 4 heteroatoms. The summed E-state index contributed by atoms with van der Waals surface area (Å²) in [5.41, 5.74) is 0. The van der Waals surface area contributed by atoms with Crippen LogP contribution in [0, 0.1) is 0 Å². The Kier molecular flexibility index (Phi) is 7.13. The Labute approximate surface area is 63.3 Å². The van der Waals surface area contributed by atoms with Crippen molar-refractivity contribution in [3.8, 4) is 0 Å². The Balaban J connectivity index is 2.32. The molecule has 0 saturated carbocycles. The predicted molar refractivity (Wildman–Crippen MR) is 37.0 cm³/mol. The molecule has 0 unspecified atom stereocenters. The van der Waals surface area contributed by atoms with E-state index in [1.165, 1.54) is 60.5 Å². The second-order valence-electron chi connectivity index (χ2n) is 1.73. The molecule has 0 nitrogen and oxygen atoms in total. The first-order valence-corrected chi connectivity index (χ1v) is 60.4. The van der Waals surface area contributed by atoms with E-state index in [9.17, 15) is 0 Å². The number of rotatable bonds is 0. The second kappa shape index (κ2) is 4.11. The Morgan fingerprint density at radius 3 is 1.00 bits per heavy atom. The molecule has 0 aromatic heterocycles. The SMILES string of the molecule is [SnH3][GeH]([SnH3])[SnH3]. The maximum absolute atomic E-state index is 1.30. The Morgan fingerprint density at radius 1 is 1.00 bits per heavy atom. The molecule has 0 atom stereocenters. The molecule has 0 bridgehead atoms. The van der Waals surface area contributed by atoms with E-state index in [0.717, 1.165) is 0 Å². The van der Waals surface area contributed by atoms with Gasteiger partial charge in [-0.1, -0.05) is 0 Å². The van der Waals surface area contributed by atoms with Gasteiger partial charge in [-0.2, -0.15) is 0 Å². The van der Waals surface area contributed by atoms with Crippen LogP contribution in [0.15, 0.2) is 0 Å². The van der Waals surface area contributed by atoms with E-state index in [1.54, 1.807) is 0 Å². The summed E-state index contributed by atoms with van der Waals surface area (Å²) in [6, 6.07) is 0. The average molecular weight is 439 g/mol. The van der Waals surface area contributed by atoms with Crippen LogP contribution in [-0.2, 0) is 0 Å². The fourth-order valence-corrected chi connectivity index (χ4v) is 0. The first-order valence-electron chi connectivity index (χ1n) is 1.73. The molecule has 0 aromatic rings. The summed E-state index contributed by atoms with van der Waals surface area (Å²) in [5, 5.41) is 0. The van der Waals surface area contributed by atoms with Crippen LogP contribution in [0.2, 0.25) is 0 Å². The molecule has 0 radical (unpaired) electrons. The van der Waals surface area contributed by atoms with Crippen LogP contribution in [0.1, 0.15) is 0 Å². The molecule has 0 aliphatic heterocycles. The van der Waals surface area contributed by atoms with Crippen LogP contribution in [-0.4, -0.2) is 64.9 Å². The molecule has 26 valence electrons. The maximum atomic E-state index is 1.30. The summed E-state index contributed by atoms with van der Waals surface area (Å²) in [4.78, 5) is 0. The van der Waals surface area contributed by atoms with Gasteiger partial charge in [0.15, 0.2) is 0 Å². The molecule has 4 heavy (non-hydrogen) atoms. The van der Waals surface area contributed by atoms with Crippen molar-refractivity contribution in [1.82, 2.24) is 0 Å². The van der Waals surface area contributed by atoms with Gasteiger partial charge in [-0.15, -0.1) is 0 Å². The first kappa shape index (κ1) is 6.94. The van der Waals surface area contributed by atoms with Crippen LogP contribution in [0.25, 0.3) is 0 Å². The first-order chi connectivity index (χ1) is 1.73. The molecule has 0 amide bonds. The van der Waals surface area contributed by atoms with Crippen molar-refractivity contribution in [2.45, 2.75) is 0 Å². The van der Waals surface area contributed by atoms with Crippen LogP contribution in [0.3, 0.4) is 0 Å². The normalized spacial score (nSPS) is 18.0. The topological polar surface area (TPSA) is 0 Å². The van der Waals surface area contributed by atoms with Crippen molar-refractivity contribution in [2.24, 2.45) is 0 Å². The summed E-state index contributed by atoms with van der Waals surface area (Å²) in [5.74, 6) is 0.